The molecule has 0 aliphatic heterocycles. The van der Waals surface area contributed by atoms with Crippen LogP contribution in [0, 0.1) is 5.92 Å². The van der Waals surface area contributed by atoms with Crippen LogP contribution < -0.4 is 5.48 Å². The molecule has 0 saturated carbocycles. The molecule has 0 aromatic heterocycles. The fraction of sp³-hybridized carbons (Fsp3) is 1.00. The van der Waals surface area contributed by atoms with E-state index >= 15 is 0 Å². The fourth-order valence-corrected chi connectivity index (χ4v) is 1.12. The molecular formula is C11H27NO7S. The average molecular weight is 317 g/mol. The van der Waals surface area contributed by atoms with Gasteiger partial charge in [0.2, 0.25) is 0 Å². The van der Waals surface area contributed by atoms with Gasteiger partial charge in [-0.05, 0) is 12.8 Å². The highest BCUT2D eigenvalue weighted by Crippen LogP contribution is 2.04. The summed E-state index contributed by atoms with van der Waals surface area (Å²) in [6, 6.07) is 0. The summed E-state index contributed by atoms with van der Waals surface area (Å²) in [5.74, 6) is -0.152. The van der Waals surface area contributed by atoms with Crippen LogP contribution in [0.1, 0.15) is 39.5 Å². The van der Waals surface area contributed by atoms with Crippen molar-refractivity contribution in [2.45, 2.75) is 45.8 Å². The number of nitrogens with one attached hydrogen (secondary N) is 1. The van der Waals surface area contributed by atoms with E-state index in [1.807, 2.05) is 6.92 Å². The summed E-state index contributed by atoms with van der Waals surface area (Å²) in [6.45, 7) is 5.23. The molecule has 0 amide bonds. The van der Waals surface area contributed by atoms with Crippen LogP contribution in [-0.2, 0) is 19.4 Å². The van der Waals surface area contributed by atoms with Crippen molar-refractivity contribution in [3.8, 4) is 0 Å². The Morgan fingerprint density at radius 3 is 2.10 bits per heavy atom. The van der Waals surface area contributed by atoms with Gasteiger partial charge < -0.3 is 15.1 Å². The number of unbranched alkanes of at least 4 members (excludes halogenated alkanes) is 2. The SMILES string of the molecule is CCCCCONCC(CC)C(O)O.COS(=O)(=O)O. The first kappa shape index (κ1) is 22.0. The molecule has 0 aromatic rings. The molecule has 0 radical (unpaired) electrons. The van der Waals surface area contributed by atoms with Gasteiger partial charge in [-0.15, -0.1) is 0 Å². The van der Waals surface area contributed by atoms with Crippen LogP contribution in [0.3, 0.4) is 0 Å². The maximum Gasteiger partial charge on any atom is 0.397 e. The number of aliphatic hydroxyl groups is 2. The normalized spacial score (nSPS) is 12.9. The lowest BCUT2D eigenvalue weighted by atomic mass is 10.1. The second-order valence-corrected chi connectivity index (χ2v) is 5.27. The largest absolute Gasteiger partial charge is 0.397 e. The van der Waals surface area contributed by atoms with Gasteiger partial charge in [0.1, 0.15) is 0 Å². The van der Waals surface area contributed by atoms with E-state index in [1.54, 1.807) is 0 Å². The van der Waals surface area contributed by atoms with Gasteiger partial charge in [0.15, 0.2) is 6.29 Å². The zero-order valence-corrected chi connectivity index (χ0v) is 13.1. The van der Waals surface area contributed by atoms with Crippen molar-refractivity contribution in [1.82, 2.24) is 5.48 Å². The van der Waals surface area contributed by atoms with Gasteiger partial charge in [-0.25, -0.2) is 5.48 Å². The summed E-state index contributed by atoms with van der Waals surface area (Å²) in [7, 11) is -3.29. The topological polar surface area (TPSA) is 125 Å². The Morgan fingerprint density at radius 2 is 1.75 bits per heavy atom. The number of rotatable bonds is 10. The zero-order chi connectivity index (χ0) is 16.0. The second-order valence-electron chi connectivity index (χ2n) is 4.08. The first-order valence-corrected chi connectivity index (χ1v) is 7.88. The van der Waals surface area contributed by atoms with Gasteiger partial charge in [-0.1, -0.05) is 26.7 Å². The first-order valence-electron chi connectivity index (χ1n) is 6.52. The Bertz CT molecular complexity index is 295. The van der Waals surface area contributed by atoms with Crippen molar-refractivity contribution in [3.05, 3.63) is 0 Å². The average Bonchev–Trinajstić information content (AvgIpc) is 2.37. The monoisotopic (exact) mass is 317 g/mol. The van der Waals surface area contributed by atoms with Gasteiger partial charge in [0.05, 0.1) is 13.7 Å². The molecule has 124 valence electrons. The van der Waals surface area contributed by atoms with Crippen LogP contribution in [0.2, 0.25) is 0 Å². The van der Waals surface area contributed by atoms with Crippen LogP contribution in [-0.4, -0.2) is 49.7 Å². The minimum Gasteiger partial charge on any atom is -0.368 e. The van der Waals surface area contributed by atoms with E-state index in [0.717, 1.165) is 20.0 Å². The molecule has 0 aliphatic rings. The van der Waals surface area contributed by atoms with E-state index in [0.29, 0.717) is 13.2 Å². The Balaban J connectivity index is 0. The lowest BCUT2D eigenvalue weighted by molar-refractivity contribution is -0.0959. The molecule has 0 aromatic carbocycles. The molecular weight excluding hydrogens is 290 g/mol. The number of aliphatic hydroxyl groups excluding tert-OH is 1. The van der Waals surface area contributed by atoms with Crippen molar-refractivity contribution in [2.75, 3.05) is 20.3 Å². The summed E-state index contributed by atoms with van der Waals surface area (Å²) in [4.78, 5) is 5.15. The van der Waals surface area contributed by atoms with Gasteiger partial charge in [0.25, 0.3) is 0 Å². The molecule has 0 fully saturated rings. The molecule has 0 rings (SSSR count). The zero-order valence-electron chi connectivity index (χ0n) is 12.3. The van der Waals surface area contributed by atoms with E-state index in [9.17, 15) is 8.42 Å². The highest BCUT2D eigenvalue weighted by atomic mass is 32.3. The summed E-state index contributed by atoms with van der Waals surface area (Å²) in [5, 5.41) is 17.8. The van der Waals surface area contributed by atoms with E-state index < -0.39 is 16.7 Å². The van der Waals surface area contributed by atoms with Gasteiger partial charge >= 0.3 is 10.4 Å². The quantitative estimate of drug-likeness (QED) is 0.198. The van der Waals surface area contributed by atoms with Crippen molar-refractivity contribution < 1.29 is 32.2 Å². The minimum absolute atomic E-state index is 0.152. The Morgan fingerprint density at radius 1 is 1.20 bits per heavy atom. The predicted molar refractivity (Wildman–Crippen MR) is 74.0 cm³/mol. The smallest absolute Gasteiger partial charge is 0.368 e. The lowest BCUT2D eigenvalue weighted by Gasteiger charge is -2.17. The standard InChI is InChI=1S/C10H23NO3.CH4O4S/c1-3-5-6-7-14-11-8-9(4-2)10(12)13;1-5-6(2,3)4/h9-13H,3-8H2,1-2H3;1H3,(H,2,3,4). The fourth-order valence-electron chi connectivity index (χ4n) is 1.12. The number of hydroxylamine groups is 1. The Hall–Kier alpha value is -0.290. The van der Waals surface area contributed by atoms with Crippen LogP contribution in [0.25, 0.3) is 0 Å². The van der Waals surface area contributed by atoms with Gasteiger partial charge in [-0.3, -0.25) is 8.74 Å². The predicted octanol–water partition coefficient (Wildman–Crippen LogP) is 0.470. The van der Waals surface area contributed by atoms with Crippen LogP contribution in [0.5, 0.6) is 0 Å². The molecule has 0 spiro atoms. The van der Waals surface area contributed by atoms with Crippen LogP contribution >= 0.6 is 0 Å². The molecule has 1 atom stereocenters. The van der Waals surface area contributed by atoms with Crippen LogP contribution in [0.4, 0.5) is 0 Å². The highest BCUT2D eigenvalue weighted by Gasteiger charge is 2.13. The van der Waals surface area contributed by atoms with Gasteiger partial charge in [-0.2, -0.15) is 8.42 Å². The van der Waals surface area contributed by atoms with E-state index in [-0.39, 0.29) is 5.92 Å². The maximum atomic E-state index is 9.33. The van der Waals surface area contributed by atoms with E-state index in [4.69, 9.17) is 19.6 Å². The first-order chi connectivity index (χ1) is 9.28. The Labute approximate surface area is 121 Å². The third-order valence-corrected chi connectivity index (χ3v) is 2.88. The van der Waals surface area contributed by atoms with E-state index in [2.05, 4.69) is 16.6 Å². The molecule has 20 heavy (non-hydrogen) atoms. The van der Waals surface area contributed by atoms with Crippen molar-refractivity contribution >= 4 is 10.4 Å². The molecule has 8 nitrogen and oxygen atoms in total. The highest BCUT2D eigenvalue weighted by molar-refractivity contribution is 7.80. The molecule has 0 heterocycles. The van der Waals surface area contributed by atoms with Crippen molar-refractivity contribution in [2.24, 2.45) is 5.92 Å². The minimum atomic E-state index is -4.16. The molecule has 0 aliphatic carbocycles. The van der Waals surface area contributed by atoms with Gasteiger partial charge in [0, 0.05) is 12.5 Å². The van der Waals surface area contributed by atoms with E-state index in [1.165, 1.54) is 12.8 Å². The van der Waals surface area contributed by atoms with Crippen molar-refractivity contribution in [3.63, 3.8) is 0 Å². The lowest BCUT2D eigenvalue weighted by Crippen LogP contribution is -2.31. The van der Waals surface area contributed by atoms with Crippen LogP contribution in [0.15, 0.2) is 0 Å². The number of hydrogen-bond donors (Lipinski definition) is 4. The molecule has 0 saturated heterocycles. The number of hydrogen-bond acceptors (Lipinski definition) is 7. The molecule has 1 unspecified atom stereocenters. The summed E-state index contributed by atoms with van der Waals surface area (Å²) in [6.07, 6.45) is 2.86. The van der Waals surface area contributed by atoms with Crippen molar-refractivity contribution in [1.29, 1.82) is 0 Å². The third kappa shape index (κ3) is 17.7. The molecule has 9 heteroatoms. The molecule has 4 N–H and O–H groups in total. The summed E-state index contributed by atoms with van der Waals surface area (Å²) < 4.78 is 29.7. The Kier molecular flexibility index (Phi) is 15.0. The third-order valence-electron chi connectivity index (χ3n) is 2.45. The summed E-state index contributed by atoms with van der Waals surface area (Å²) in [5.41, 5.74) is 2.76. The summed E-state index contributed by atoms with van der Waals surface area (Å²) >= 11 is 0. The molecule has 0 bridgehead atoms. The maximum absolute atomic E-state index is 9.33. The second kappa shape index (κ2) is 13.7.